The maximum atomic E-state index is 7.32. The molecule has 7 nitrogen and oxygen atoms in total. The molecule has 0 radical (unpaired) electrons. The molecule has 18 aliphatic carbocycles. The molecule has 4 bridgehead atoms. The first-order valence-electron chi connectivity index (χ1n) is 48.3. The second-order valence-corrected chi connectivity index (χ2v) is 40.7. The Morgan fingerprint density at radius 2 is 0.314 bits per heavy atom. The Labute approximate surface area is 633 Å². The van der Waals surface area contributed by atoms with Gasteiger partial charge in [0.15, 0.2) is 0 Å². The van der Waals surface area contributed by atoms with Gasteiger partial charge in [0, 0.05) is 41.8 Å². The first-order valence-corrected chi connectivity index (χ1v) is 48.3. The summed E-state index contributed by atoms with van der Waals surface area (Å²) in [4.78, 5) is 0. The van der Waals surface area contributed by atoms with Crippen molar-refractivity contribution in [3.05, 3.63) is 0 Å². The van der Waals surface area contributed by atoms with E-state index in [4.69, 9.17) is 40.1 Å². The molecular weight excluding hydrogens is 1240 g/mol. The summed E-state index contributed by atoms with van der Waals surface area (Å²) in [7, 11) is 0. The van der Waals surface area contributed by atoms with Crippen molar-refractivity contribution in [2.45, 2.75) is 485 Å². The van der Waals surface area contributed by atoms with Gasteiger partial charge in [0.05, 0.1) is 0 Å². The van der Waals surface area contributed by atoms with Gasteiger partial charge in [-0.15, -0.1) is 0 Å². The van der Waals surface area contributed by atoms with E-state index in [2.05, 4.69) is 0 Å². The topological polar surface area (TPSA) is 182 Å². The third-order valence-electron chi connectivity index (χ3n) is 34.3. The third-order valence-corrected chi connectivity index (χ3v) is 34.3. The van der Waals surface area contributed by atoms with Gasteiger partial charge in [-0.05, 0) is 324 Å². The van der Waals surface area contributed by atoms with Gasteiger partial charge in [0.25, 0.3) is 0 Å². The second kappa shape index (κ2) is 44.7. The molecule has 0 heterocycles. The van der Waals surface area contributed by atoms with Gasteiger partial charge < -0.3 is 40.1 Å². The van der Waals surface area contributed by atoms with E-state index in [0.717, 1.165) is 112 Å². The minimum Gasteiger partial charge on any atom is -0.327 e. The summed E-state index contributed by atoms with van der Waals surface area (Å²) in [6, 6.07) is 3.29. The van der Waals surface area contributed by atoms with Gasteiger partial charge in [-0.2, -0.15) is 0 Å². The molecule has 18 saturated carbocycles. The Hall–Kier alpha value is -0.280. The molecule has 0 aromatic rings. The molecule has 0 spiro atoms. The second-order valence-electron chi connectivity index (χ2n) is 40.7. The fourth-order valence-corrected chi connectivity index (χ4v) is 27.6. The molecule has 0 aliphatic heterocycles. The van der Waals surface area contributed by atoms with E-state index in [9.17, 15) is 0 Å². The lowest BCUT2D eigenvalue weighted by atomic mass is 9.49. The summed E-state index contributed by atoms with van der Waals surface area (Å²) in [6.07, 6.45) is 99.5. The van der Waals surface area contributed by atoms with Crippen LogP contribution in [0.2, 0.25) is 0 Å². The highest BCUT2D eigenvalue weighted by Gasteiger charge is 2.52. The molecule has 3 unspecified atom stereocenters. The van der Waals surface area contributed by atoms with Gasteiger partial charge >= 0.3 is 0 Å². The summed E-state index contributed by atoms with van der Waals surface area (Å²) in [5.41, 5.74) is 45.9. The molecule has 7 heteroatoms. The van der Waals surface area contributed by atoms with Gasteiger partial charge in [-0.25, -0.2) is 0 Å². The fraction of sp³-hybridized carbons (Fsp3) is 1.00. The van der Waals surface area contributed by atoms with Gasteiger partial charge in [0.1, 0.15) is 0 Å². The molecule has 18 fully saturated rings. The maximum Gasteiger partial charge on any atom is 0.0240 e. The van der Waals surface area contributed by atoms with Gasteiger partial charge in [-0.1, -0.05) is 231 Å². The van der Waals surface area contributed by atoms with E-state index in [1.807, 2.05) is 0 Å². The van der Waals surface area contributed by atoms with Crippen LogP contribution in [0.5, 0.6) is 0 Å². The SMILES string of the molecule is NC(C1CCC1)C1CCC1.NC(C1CCCC1)C1CCCC1.NC(C1CCCCC1)(C1CCCCC1)C1CCCCC1.NC(C1CCCCC1)C1C2CC3CC(C2)CC1C3.NC(C1CCCCC1)C1CCCC1.NC(C1CCCCC1)C1CCCCC1.NC(C1CCCCCC1)C1CCCCC1. The van der Waals surface area contributed by atoms with Crippen LogP contribution in [-0.2, 0) is 0 Å². The lowest BCUT2D eigenvalue weighted by molar-refractivity contribution is -0.0564. The Kier molecular flexibility index (Phi) is 36.2. The van der Waals surface area contributed by atoms with Gasteiger partial charge in [-0.3, -0.25) is 0 Å². The van der Waals surface area contributed by atoms with Crippen LogP contribution in [0.3, 0.4) is 0 Å². The minimum atomic E-state index is 0.210. The zero-order valence-electron chi connectivity index (χ0n) is 67.8. The highest BCUT2D eigenvalue weighted by Crippen LogP contribution is 2.58. The molecule has 14 N–H and O–H groups in total. The van der Waals surface area contributed by atoms with Crippen molar-refractivity contribution in [2.24, 2.45) is 153 Å². The van der Waals surface area contributed by atoms with E-state index in [1.165, 1.54) is 437 Å². The van der Waals surface area contributed by atoms with Crippen molar-refractivity contribution >= 4 is 0 Å². The van der Waals surface area contributed by atoms with Crippen LogP contribution in [0, 0.1) is 112 Å². The van der Waals surface area contributed by atoms with Crippen molar-refractivity contribution in [1.29, 1.82) is 0 Å². The Morgan fingerprint density at radius 1 is 0.167 bits per heavy atom. The van der Waals surface area contributed by atoms with Crippen LogP contribution in [0.15, 0.2) is 0 Å². The molecule has 592 valence electrons. The number of hydrogen-bond donors (Lipinski definition) is 7. The largest absolute Gasteiger partial charge is 0.327 e. The summed E-state index contributed by atoms with van der Waals surface area (Å²) < 4.78 is 0. The molecule has 0 aromatic heterocycles. The Bertz CT molecular complexity index is 2000. The van der Waals surface area contributed by atoms with E-state index in [0.29, 0.717) is 36.3 Å². The quantitative estimate of drug-likeness (QED) is 0.0797. The Morgan fingerprint density at radius 3 is 0.490 bits per heavy atom. The zero-order chi connectivity index (χ0) is 70.7. The third kappa shape index (κ3) is 24.4. The van der Waals surface area contributed by atoms with E-state index >= 15 is 0 Å². The predicted octanol–water partition coefficient (Wildman–Crippen LogP) is 24.4. The lowest BCUT2D eigenvalue weighted by Gasteiger charge is -2.57. The molecule has 18 rings (SSSR count). The summed E-state index contributed by atoms with van der Waals surface area (Å²) in [6.45, 7) is 0. The molecule has 102 heavy (non-hydrogen) atoms. The molecule has 0 aromatic carbocycles. The maximum absolute atomic E-state index is 7.32. The summed E-state index contributed by atoms with van der Waals surface area (Å²) in [5.74, 6) is 17.4. The minimum absolute atomic E-state index is 0.210. The normalized spacial score (nSPS) is 32.0. The highest BCUT2D eigenvalue weighted by atomic mass is 14.8. The summed E-state index contributed by atoms with van der Waals surface area (Å²) in [5, 5.41) is 0. The number of rotatable bonds is 15. The van der Waals surface area contributed by atoms with E-state index in [1.54, 1.807) is 6.42 Å². The molecule has 0 amide bonds. The van der Waals surface area contributed by atoms with Crippen molar-refractivity contribution in [3.8, 4) is 0 Å². The Balaban J connectivity index is 0.000000121. The van der Waals surface area contributed by atoms with Crippen LogP contribution >= 0.6 is 0 Å². The van der Waals surface area contributed by atoms with Crippen molar-refractivity contribution in [2.75, 3.05) is 0 Å². The van der Waals surface area contributed by atoms with Crippen molar-refractivity contribution < 1.29 is 0 Å². The van der Waals surface area contributed by atoms with Gasteiger partial charge in [0.2, 0.25) is 0 Å². The molecular formula is C95H177N7. The molecule has 0 saturated heterocycles. The molecule has 18 aliphatic rings. The van der Waals surface area contributed by atoms with Crippen LogP contribution in [0.1, 0.15) is 443 Å². The number of hydrogen-bond acceptors (Lipinski definition) is 7. The first-order chi connectivity index (χ1) is 50.0. The van der Waals surface area contributed by atoms with Crippen LogP contribution in [0.4, 0.5) is 0 Å². The predicted molar refractivity (Wildman–Crippen MR) is 440 cm³/mol. The fourth-order valence-electron chi connectivity index (χ4n) is 27.6. The first kappa shape index (κ1) is 82.7. The zero-order valence-corrected chi connectivity index (χ0v) is 67.8. The van der Waals surface area contributed by atoms with E-state index in [-0.39, 0.29) is 5.54 Å². The van der Waals surface area contributed by atoms with Crippen LogP contribution in [0.25, 0.3) is 0 Å². The summed E-state index contributed by atoms with van der Waals surface area (Å²) >= 11 is 0. The average molecular weight is 1420 g/mol. The lowest BCUT2D eigenvalue weighted by Crippen LogP contribution is -2.60. The smallest absolute Gasteiger partial charge is 0.0240 e. The average Bonchev–Trinajstić information content (AvgIpc) is 0.800. The van der Waals surface area contributed by atoms with Crippen molar-refractivity contribution in [3.63, 3.8) is 0 Å². The molecule has 3 atom stereocenters. The van der Waals surface area contributed by atoms with Crippen LogP contribution < -0.4 is 40.1 Å². The van der Waals surface area contributed by atoms with E-state index < -0.39 is 0 Å². The van der Waals surface area contributed by atoms with Crippen LogP contribution in [-0.4, -0.2) is 41.8 Å². The standard InChI is InChI=1S/C19H35N.C17H29N.C14H27N.C13H25N.C12H23N.C11H21N.C9H17N/c20-19(16-10-4-1-5-11-16,17-12-6-2-7-13-17)18-14-8-3-9-15-18;18-17(13-4-2-1-3-5-13)16-14-7-11-6-12(9-14)10-15(16)8-11;15-14(13-10-6-3-7-11-13)12-8-4-1-2-5-9-12;14-13(11-7-3-1-4-8-11)12-9-5-2-6-10-12;13-12(11-8-4-5-9-11)10-6-2-1-3-7-10;12-11(9-5-1-2-6-9)10-7-3-4-8-10;10-9(7-3-1-4-7)8-5-2-6-8/h16-18H,1-15,20H2;11-17H,1-10,18H2;12-14H,1-11,15H2;11-13H,1-10,14H2;10-12H,1-9,13H2;9-11H,1-8,12H2;7-9H,1-6,10H2. The highest BCUT2D eigenvalue weighted by molar-refractivity contribution is 5.05. The number of nitrogens with two attached hydrogens (primary N) is 7. The monoisotopic (exact) mass is 1420 g/mol. The van der Waals surface area contributed by atoms with Crippen molar-refractivity contribution in [1.82, 2.24) is 0 Å².